The largest absolute Gasteiger partial charge is 0.462 e. The highest BCUT2D eigenvalue weighted by molar-refractivity contribution is 7.85. The Bertz CT molecular complexity index is 1070. The average Bonchev–Trinajstić information content (AvgIpc) is 3.14. The van der Waals surface area contributed by atoms with Gasteiger partial charge in [0, 0.05) is 12.8 Å². The van der Waals surface area contributed by atoms with Gasteiger partial charge in [-0.1, -0.05) is 154 Å². The van der Waals surface area contributed by atoms with Crippen molar-refractivity contribution in [2.45, 2.75) is 224 Å². The number of unbranched alkanes of at least 4 members (excludes halogenated alkanes) is 24. The highest BCUT2D eigenvalue weighted by atomic mass is 32.2. The van der Waals surface area contributed by atoms with E-state index in [0.717, 1.165) is 44.9 Å². The molecular weight excluding hydrogens is 729 g/mol. The van der Waals surface area contributed by atoms with Crippen LogP contribution in [0.3, 0.4) is 0 Å². The van der Waals surface area contributed by atoms with Gasteiger partial charge in [0.2, 0.25) is 0 Å². The lowest BCUT2D eigenvalue weighted by atomic mass is 10.00. The monoisotopic (exact) mass is 807 g/mol. The maximum atomic E-state index is 12.8. The number of allylic oxidation sites excluding steroid dienone is 1. The topological polar surface area (TPSA) is 186 Å². The Morgan fingerprint density at radius 3 is 1.53 bits per heavy atom. The summed E-state index contributed by atoms with van der Waals surface area (Å²) in [5.74, 6) is -1.97. The Balaban J connectivity index is 2.44. The van der Waals surface area contributed by atoms with E-state index >= 15 is 0 Å². The molecule has 0 aromatic heterocycles. The van der Waals surface area contributed by atoms with Gasteiger partial charge in [-0.3, -0.25) is 14.1 Å². The molecule has 0 spiro atoms. The molecule has 0 aliphatic carbocycles. The van der Waals surface area contributed by atoms with Gasteiger partial charge in [-0.25, -0.2) is 0 Å². The summed E-state index contributed by atoms with van der Waals surface area (Å²) in [5.41, 5.74) is 0. The van der Waals surface area contributed by atoms with Crippen molar-refractivity contribution >= 4 is 22.1 Å². The molecule has 13 heteroatoms. The van der Waals surface area contributed by atoms with E-state index in [1.807, 2.05) is 6.08 Å². The van der Waals surface area contributed by atoms with Gasteiger partial charge in [0.25, 0.3) is 10.1 Å². The second-order valence-electron chi connectivity index (χ2n) is 15.5. The number of rotatable bonds is 37. The first-order chi connectivity index (χ1) is 26.5. The van der Waals surface area contributed by atoms with Crippen LogP contribution >= 0.6 is 0 Å². The standard InChI is InChI=1S/C42H78O12S/c1-3-5-7-9-11-13-15-17-18-19-21-22-24-26-28-30-37(43)51-32-35(33-52-42-41(47)40(46)39(45)36(54-42)34-55(48,49)50)53-38(44)31-29-27-25-23-20-16-14-12-10-8-6-4-2/h3,35-36,39-42,45-47H,1,4-34H2,2H3,(H,48,49,50)/t35-,36-,39-,40?,41?,42+/m1/s1. The van der Waals surface area contributed by atoms with Crippen molar-refractivity contribution in [1.82, 2.24) is 0 Å². The predicted molar refractivity (Wildman–Crippen MR) is 215 cm³/mol. The lowest BCUT2D eigenvalue weighted by Gasteiger charge is -2.40. The molecule has 1 heterocycles. The molecule has 0 amide bonds. The molecule has 0 aromatic rings. The van der Waals surface area contributed by atoms with E-state index in [1.165, 1.54) is 109 Å². The van der Waals surface area contributed by atoms with Crippen molar-refractivity contribution in [2.75, 3.05) is 19.0 Å². The summed E-state index contributed by atoms with van der Waals surface area (Å²) < 4.78 is 54.0. The van der Waals surface area contributed by atoms with Gasteiger partial charge >= 0.3 is 11.9 Å². The number of ether oxygens (including phenoxy) is 4. The minimum atomic E-state index is -4.60. The van der Waals surface area contributed by atoms with E-state index in [1.54, 1.807) is 0 Å². The molecule has 1 rings (SSSR count). The van der Waals surface area contributed by atoms with Gasteiger partial charge in [-0.2, -0.15) is 8.42 Å². The number of aliphatic hydroxyl groups excluding tert-OH is 3. The van der Waals surface area contributed by atoms with E-state index in [4.69, 9.17) is 18.9 Å². The van der Waals surface area contributed by atoms with Crippen LogP contribution in [0.2, 0.25) is 0 Å². The van der Waals surface area contributed by atoms with Gasteiger partial charge in [0.15, 0.2) is 12.4 Å². The third-order valence-corrected chi connectivity index (χ3v) is 11.0. The van der Waals surface area contributed by atoms with Crippen LogP contribution in [-0.2, 0) is 38.7 Å². The normalized spacial score (nSPS) is 20.6. The molecule has 1 aliphatic rings. The van der Waals surface area contributed by atoms with Crippen molar-refractivity contribution in [1.29, 1.82) is 0 Å². The van der Waals surface area contributed by atoms with Crippen LogP contribution < -0.4 is 0 Å². The molecule has 1 fully saturated rings. The molecule has 2 unspecified atom stereocenters. The summed E-state index contributed by atoms with van der Waals surface area (Å²) in [6.45, 7) is 5.28. The van der Waals surface area contributed by atoms with Crippen molar-refractivity contribution in [2.24, 2.45) is 0 Å². The number of carbonyl (C=O) groups excluding carboxylic acids is 2. The average molecular weight is 807 g/mol. The maximum Gasteiger partial charge on any atom is 0.306 e. The van der Waals surface area contributed by atoms with Crippen LogP contribution in [0.15, 0.2) is 12.7 Å². The third-order valence-electron chi connectivity index (χ3n) is 10.2. The molecule has 0 radical (unpaired) electrons. The molecule has 0 aromatic carbocycles. The Hall–Kier alpha value is -1.61. The Morgan fingerprint density at radius 2 is 1.07 bits per heavy atom. The fourth-order valence-corrected chi connectivity index (χ4v) is 7.52. The summed E-state index contributed by atoms with van der Waals surface area (Å²) in [6.07, 6.45) is 23.0. The van der Waals surface area contributed by atoms with E-state index < -0.39 is 71.2 Å². The zero-order valence-corrected chi connectivity index (χ0v) is 34.9. The Morgan fingerprint density at radius 1 is 0.636 bits per heavy atom. The Kier molecular flexibility index (Phi) is 31.2. The van der Waals surface area contributed by atoms with Crippen LogP contribution in [0.5, 0.6) is 0 Å². The lowest BCUT2D eigenvalue weighted by molar-refractivity contribution is -0.297. The van der Waals surface area contributed by atoms with E-state index in [-0.39, 0.29) is 19.4 Å². The number of aliphatic hydroxyl groups is 3. The molecule has 55 heavy (non-hydrogen) atoms. The number of hydrogen-bond acceptors (Lipinski definition) is 11. The summed E-state index contributed by atoms with van der Waals surface area (Å²) in [4.78, 5) is 25.3. The van der Waals surface area contributed by atoms with Crippen molar-refractivity contribution in [3.05, 3.63) is 12.7 Å². The molecule has 12 nitrogen and oxygen atoms in total. The molecular formula is C42H78O12S. The van der Waals surface area contributed by atoms with Crippen LogP contribution in [0.25, 0.3) is 0 Å². The SMILES string of the molecule is C=CCCCCCCCCCCCCCCCC(=O)OC[C@H](CO[C@H]1O[C@H](CS(=O)(=O)O)[C@@H](O)C(O)C1O)OC(=O)CCCCCCCCCCCCCC. The smallest absolute Gasteiger partial charge is 0.306 e. The van der Waals surface area contributed by atoms with E-state index in [2.05, 4.69) is 13.5 Å². The summed E-state index contributed by atoms with van der Waals surface area (Å²) >= 11 is 0. The van der Waals surface area contributed by atoms with Gasteiger partial charge in [0.05, 0.1) is 6.61 Å². The molecule has 324 valence electrons. The van der Waals surface area contributed by atoms with Gasteiger partial charge in [0.1, 0.15) is 36.8 Å². The molecule has 1 saturated heterocycles. The van der Waals surface area contributed by atoms with Crippen molar-refractivity contribution in [3.8, 4) is 0 Å². The fourth-order valence-electron chi connectivity index (χ4n) is 6.83. The first-order valence-electron chi connectivity index (χ1n) is 21.7. The van der Waals surface area contributed by atoms with Crippen LogP contribution in [0, 0.1) is 0 Å². The first-order valence-corrected chi connectivity index (χ1v) is 23.3. The number of hydrogen-bond donors (Lipinski definition) is 4. The van der Waals surface area contributed by atoms with E-state index in [9.17, 15) is 37.9 Å². The quantitative estimate of drug-likeness (QED) is 0.0204. The highest BCUT2D eigenvalue weighted by Gasteiger charge is 2.46. The predicted octanol–water partition coefficient (Wildman–Crippen LogP) is 8.28. The molecule has 0 saturated carbocycles. The minimum Gasteiger partial charge on any atom is -0.462 e. The second-order valence-corrected chi connectivity index (χ2v) is 17.0. The summed E-state index contributed by atoms with van der Waals surface area (Å²) in [6, 6.07) is 0. The number of esters is 2. The zero-order chi connectivity index (χ0) is 40.6. The molecule has 4 N–H and O–H groups in total. The third kappa shape index (κ3) is 28.4. The molecule has 6 atom stereocenters. The van der Waals surface area contributed by atoms with Gasteiger partial charge < -0.3 is 34.3 Å². The van der Waals surface area contributed by atoms with Crippen molar-refractivity contribution in [3.63, 3.8) is 0 Å². The van der Waals surface area contributed by atoms with Crippen molar-refractivity contribution < 1.29 is 56.8 Å². The Labute approximate surface area is 333 Å². The van der Waals surface area contributed by atoms with Crippen LogP contribution in [-0.4, -0.2) is 96.0 Å². The summed E-state index contributed by atoms with van der Waals surface area (Å²) in [7, 11) is -4.60. The highest BCUT2D eigenvalue weighted by Crippen LogP contribution is 2.24. The lowest BCUT2D eigenvalue weighted by Crippen LogP contribution is -2.60. The van der Waals surface area contributed by atoms with Gasteiger partial charge in [-0.05, 0) is 25.7 Å². The zero-order valence-electron chi connectivity index (χ0n) is 34.1. The van der Waals surface area contributed by atoms with Crippen LogP contribution in [0.1, 0.15) is 187 Å². The first kappa shape index (κ1) is 51.4. The van der Waals surface area contributed by atoms with Gasteiger partial charge in [-0.15, -0.1) is 6.58 Å². The number of carbonyl (C=O) groups is 2. The maximum absolute atomic E-state index is 12.8. The fraction of sp³-hybridized carbons (Fsp3) is 0.905. The molecule has 1 aliphatic heterocycles. The summed E-state index contributed by atoms with van der Waals surface area (Å²) in [5, 5.41) is 30.8. The minimum absolute atomic E-state index is 0.169. The molecule has 0 bridgehead atoms. The second kappa shape index (κ2) is 33.4. The van der Waals surface area contributed by atoms with Crippen LogP contribution in [0.4, 0.5) is 0 Å². The van der Waals surface area contributed by atoms with E-state index in [0.29, 0.717) is 12.8 Å².